The first kappa shape index (κ1) is 9.95. The highest BCUT2D eigenvalue weighted by molar-refractivity contribution is 7.93. The van der Waals surface area contributed by atoms with Crippen LogP contribution in [-0.2, 0) is 10.0 Å². The normalized spacial score (nSPS) is 14.9. The van der Waals surface area contributed by atoms with Crippen molar-refractivity contribution in [1.82, 2.24) is 0 Å². The van der Waals surface area contributed by atoms with Crippen LogP contribution in [0.1, 0.15) is 5.56 Å². The monoisotopic (exact) mass is 222 g/mol. The Labute approximate surface area is 88.2 Å². The molecule has 2 rings (SSSR count). The van der Waals surface area contributed by atoms with Gasteiger partial charge in [0.1, 0.15) is 0 Å². The fraction of sp³-hybridized carbons (Fsp3) is 0. The molecule has 1 aromatic rings. The van der Waals surface area contributed by atoms with Gasteiger partial charge in [-0.15, -0.1) is 0 Å². The number of rotatable bonds is 1. The third-order valence-electron chi connectivity index (χ3n) is 2.09. The zero-order chi connectivity index (χ0) is 10.9. The molecule has 1 heterocycles. The first-order valence-electron chi connectivity index (χ1n) is 4.34. The Balaban J connectivity index is 2.47. The van der Waals surface area contributed by atoms with Crippen LogP contribution in [0.2, 0.25) is 0 Å². The molecule has 4 nitrogen and oxygen atoms in total. The average molecular weight is 222 g/mol. The lowest BCUT2D eigenvalue weighted by Crippen LogP contribution is -2.13. The SMILES string of the molecule is NS(=O)(=O)C1=CNc2ccccc2C=C1. The summed E-state index contributed by atoms with van der Waals surface area (Å²) in [6, 6.07) is 7.50. The molecule has 0 bridgehead atoms. The van der Waals surface area contributed by atoms with Crippen molar-refractivity contribution in [1.29, 1.82) is 0 Å². The van der Waals surface area contributed by atoms with Crippen LogP contribution in [0, 0.1) is 0 Å². The lowest BCUT2D eigenvalue weighted by molar-refractivity contribution is 0.604. The Morgan fingerprint density at radius 3 is 2.60 bits per heavy atom. The van der Waals surface area contributed by atoms with Gasteiger partial charge in [0.25, 0.3) is 0 Å². The molecule has 0 fully saturated rings. The maximum atomic E-state index is 11.1. The maximum Gasteiger partial charge on any atom is 0.239 e. The molecule has 3 N–H and O–H groups in total. The Hall–Kier alpha value is -1.59. The van der Waals surface area contributed by atoms with Crippen LogP contribution in [0.5, 0.6) is 0 Å². The second-order valence-electron chi connectivity index (χ2n) is 3.16. The number of benzene rings is 1. The zero-order valence-corrected chi connectivity index (χ0v) is 8.66. The summed E-state index contributed by atoms with van der Waals surface area (Å²) in [5.41, 5.74) is 1.78. The summed E-state index contributed by atoms with van der Waals surface area (Å²) in [5.74, 6) is 0. The van der Waals surface area contributed by atoms with E-state index in [1.165, 1.54) is 12.3 Å². The van der Waals surface area contributed by atoms with Gasteiger partial charge in [-0.1, -0.05) is 24.3 Å². The molecule has 15 heavy (non-hydrogen) atoms. The minimum absolute atomic E-state index is 0.0682. The van der Waals surface area contributed by atoms with Crippen LogP contribution in [0.25, 0.3) is 6.08 Å². The molecule has 0 amide bonds. The smallest absolute Gasteiger partial charge is 0.239 e. The van der Waals surface area contributed by atoms with E-state index in [0.29, 0.717) is 0 Å². The lowest BCUT2D eigenvalue weighted by Gasteiger charge is -2.02. The molecule has 5 heteroatoms. The Kier molecular flexibility index (Phi) is 2.34. The fourth-order valence-electron chi connectivity index (χ4n) is 1.32. The number of primary sulfonamides is 1. The largest absolute Gasteiger partial charge is 0.360 e. The van der Waals surface area contributed by atoms with E-state index in [4.69, 9.17) is 5.14 Å². The number of hydrogen-bond donors (Lipinski definition) is 2. The number of allylic oxidation sites excluding steroid dienone is 1. The minimum atomic E-state index is -3.66. The first-order chi connectivity index (χ1) is 7.07. The summed E-state index contributed by atoms with van der Waals surface area (Å²) < 4.78 is 22.2. The molecule has 1 aliphatic rings. The average Bonchev–Trinajstić information content (AvgIpc) is 2.38. The van der Waals surface area contributed by atoms with Crippen molar-refractivity contribution in [3.63, 3.8) is 0 Å². The maximum absolute atomic E-state index is 11.1. The summed E-state index contributed by atoms with van der Waals surface area (Å²) in [5, 5.41) is 7.93. The highest BCUT2D eigenvalue weighted by Gasteiger charge is 2.11. The van der Waals surface area contributed by atoms with E-state index in [9.17, 15) is 8.42 Å². The number of nitrogens with two attached hydrogens (primary N) is 1. The molecule has 0 saturated heterocycles. The van der Waals surface area contributed by atoms with E-state index < -0.39 is 10.0 Å². The molecule has 1 aromatic carbocycles. The van der Waals surface area contributed by atoms with Crippen LogP contribution in [0.3, 0.4) is 0 Å². The van der Waals surface area contributed by atoms with Crippen molar-refractivity contribution in [2.45, 2.75) is 0 Å². The van der Waals surface area contributed by atoms with Crippen molar-refractivity contribution >= 4 is 21.8 Å². The van der Waals surface area contributed by atoms with Gasteiger partial charge in [-0.05, 0) is 17.7 Å². The molecule has 0 aliphatic carbocycles. The minimum Gasteiger partial charge on any atom is -0.360 e. The van der Waals surface area contributed by atoms with Gasteiger partial charge >= 0.3 is 0 Å². The molecular formula is C10H10N2O2S. The van der Waals surface area contributed by atoms with Gasteiger partial charge < -0.3 is 5.32 Å². The standard InChI is InChI=1S/C10H10N2O2S/c11-15(13,14)9-6-5-8-3-1-2-4-10(8)12-7-9/h1-7,12H,(H2,11,13,14). The summed E-state index contributed by atoms with van der Waals surface area (Å²) >= 11 is 0. The molecule has 0 saturated carbocycles. The van der Waals surface area contributed by atoms with Crippen LogP contribution in [-0.4, -0.2) is 8.42 Å². The zero-order valence-electron chi connectivity index (χ0n) is 7.84. The van der Waals surface area contributed by atoms with Crippen molar-refractivity contribution in [3.05, 3.63) is 47.0 Å². The Morgan fingerprint density at radius 1 is 1.13 bits per heavy atom. The highest BCUT2D eigenvalue weighted by atomic mass is 32.2. The van der Waals surface area contributed by atoms with Crippen molar-refractivity contribution in [3.8, 4) is 0 Å². The van der Waals surface area contributed by atoms with Gasteiger partial charge in [-0.2, -0.15) is 0 Å². The van der Waals surface area contributed by atoms with E-state index in [1.807, 2.05) is 24.3 Å². The number of anilines is 1. The van der Waals surface area contributed by atoms with E-state index in [0.717, 1.165) is 11.3 Å². The van der Waals surface area contributed by atoms with Crippen molar-refractivity contribution < 1.29 is 8.42 Å². The number of sulfonamides is 1. The molecule has 0 radical (unpaired) electrons. The van der Waals surface area contributed by atoms with Gasteiger partial charge in [0.05, 0.1) is 4.91 Å². The molecule has 0 unspecified atom stereocenters. The summed E-state index contributed by atoms with van der Waals surface area (Å²) in [7, 11) is -3.66. The first-order valence-corrected chi connectivity index (χ1v) is 5.88. The van der Waals surface area contributed by atoms with E-state index in [1.54, 1.807) is 6.08 Å². The fourth-order valence-corrected chi connectivity index (χ4v) is 1.80. The molecule has 0 atom stereocenters. The molecule has 78 valence electrons. The number of fused-ring (bicyclic) bond motifs is 1. The van der Waals surface area contributed by atoms with Gasteiger partial charge in [0, 0.05) is 11.9 Å². The summed E-state index contributed by atoms with van der Waals surface area (Å²) in [4.78, 5) is 0.0682. The molecule has 0 spiro atoms. The predicted molar refractivity (Wildman–Crippen MR) is 60.3 cm³/mol. The quantitative estimate of drug-likeness (QED) is 0.751. The van der Waals surface area contributed by atoms with E-state index >= 15 is 0 Å². The summed E-state index contributed by atoms with van der Waals surface area (Å²) in [6.45, 7) is 0. The van der Waals surface area contributed by atoms with Crippen LogP contribution >= 0.6 is 0 Å². The third-order valence-corrected chi connectivity index (χ3v) is 3.00. The second kappa shape index (κ2) is 3.52. The third kappa shape index (κ3) is 2.08. The number of hydrogen-bond acceptors (Lipinski definition) is 3. The highest BCUT2D eigenvalue weighted by Crippen LogP contribution is 2.21. The molecule has 1 aliphatic heterocycles. The van der Waals surface area contributed by atoms with Gasteiger partial charge in [0.2, 0.25) is 10.0 Å². The van der Waals surface area contributed by atoms with E-state index in [-0.39, 0.29) is 4.91 Å². The van der Waals surface area contributed by atoms with Crippen LogP contribution < -0.4 is 10.5 Å². The second-order valence-corrected chi connectivity index (χ2v) is 4.72. The summed E-state index contributed by atoms with van der Waals surface area (Å²) in [6.07, 6.45) is 4.58. The van der Waals surface area contributed by atoms with E-state index in [2.05, 4.69) is 5.32 Å². The van der Waals surface area contributed by atoms with Crippen LogP contribution in [0.4, 0.5) is 5.69 Å². The lowest BCUT2D eigenvalue weighted by atomic mass is 10.2. The molecular weight excluding hydrogens is 212 g/mol. The number of nitrogens with one attached hydrogen (secondary N) is 1. The van der Waals surface area contributed by atoms with Crippen LogP contribution in [0.15, 0.2) is 41.4 Å². The molecule has 0 aromatic heterocycles. The topological polar surface area (TPSA) is 72.2 Å². The van der Waals surface area contributed by atoms with Gasteiger partial charge in [-0.3, -0.25) is 0 Å². The number of para-hydroxylation sites is 1. The Morgan fingerprint density at radius 2 is 1.87 bits per heavy atom. The van der Waals surface area contributed by atoms with Crippen molar-refractivity contribution in [2.75, 3.05) is 5.32 Å². The Bertz CT molecular complexity index is 544. The van der Waals surface area contributed by atoms with Gasteiger partial charge in [-0.25, -0.2) is 13.6 Å². The van der Waals surface area contributed by atoms with Crippen molar-refractivity contribution in [2.24, 2.45) is 5.14 Å². The van der Waals surface area contributed by atoms with Gasteiger partial charge in [0.15, 0.2) is 0 Å². The predicted octanol–water partition coefficient (Wildman–Crippen LogP) is 1.26.